The molecular weight excluding hydrogens is 348 g/mol. The van der Waals surface area contributed by atoms with Crippen LogP contribution in [0.15, 0.2) is 22.7 Å². The van der Waals surface area contributed by atoms with Gasteiger partial charge in [-0.2, -0.15) is 0 Å². The molecule has 0 aromatic heterocycles. The first-order valence-corrected chi connectivity index (χ1v) is 9.23. The summed E-state index contributed by atoms with van der Waals surface area (Å²) in [7, 11) is 2.06. The zero-order chi connectivity index (χ0) is 14.8. The molecule has 2 unspecified atom stereocenters. The van der Waals surface area contributed by atoms with Gasteiger partial charge in [0, 0.05) is 21.6 Å². The van der Waals surface area contributed by atoms with Crippen molar-refractivity contribution in [1.29, 1.82) is 0 Å². The topological polar surface area (TPSA) is 15.3 Å². The minimum Gasteiger partial charge on any atom is -0.319 e. The second-order valence-corrected chi connectivity index (χ2v) is 7.72. The molecule has 1 saturated carbocycles. The van der Waals surface area contributed by atoms with Gasteiger partial charge >= 0.3 is 0 Å². The van der Waals surface area contributed by atoms with Crippen LogP contribution >= 0.6 is 27.5 Å². The van der Waals surface area contributed by atoms with Gasteiger partial charge in [-0.05, 0) is 75.5 Å². The molecule has 4 heteroatoms. The van der Waals surface area contributed by atoms with Crippen molar-refractivity contribution < 1.29 is 0 Å². The largest absolute Gasteiger partial charge is 0.319 e. The highest BCUT2D eigenvalue weighted by molar-refractivity contribution is 9.10. The fourth-order valence-electron chi connectivity index (χ4n) is 3.73. The first-order chi connectivity index (χ1) is 10.2. The van der Waals surface area contributed by atoms with Gasteiger partial charge in [0.25, 0.3) is 0 Å². The van der Waals surface area contributed by atoms with Crippen molar-refractivity contribution in [1.82, 2.24) is 10.2 Å². The third kappa shape index (κ3) is 3.64. The molecule has 3 rings (SSSR count). The maximum Gasteiger partial charge on any atom is 0.0454 e. The van der Waals surface area contributed by atoms with Crippen LogP contribution in [0.3, 0.4) is 0 Å². The molecule has 2 nitrogen and oxygen atoms in total. The van der Waals surface area contributed by atoms with Crippen molar-refractivity contribution >= 4 is 27.5 Å². The summed E-state index contributed by atoms with van der Waals surface area (Å²) in [5.41, 5.74) is 1.31. The molecule has 2 aliphatic rings. The SMILES string of the molecule is CNCC1CCCCN(C2CC2)C1c1cc(Br)ccc1Cl. The molecule has 1 N–H and O–H groups in total. The Labute approximate surface area is 141 Å². The van der Waals surface area contributed by atoms with Crippen LogP contribution in [0.5, 0.6) is 0 Å². The van der Waals surface area contributed by atoms with Gasteiger partial charge in [-0.3, -0.25) is 4.90 Å². The average molecular weight is 372 g/mol. The molecular formula is C17H24BrClN2. The Balaban J connectivity index is 1.98. The molecule has 1 aromatic rings. The lowest BCUT2D eigenvalue weighted by Gasteiger charge is -2.36. The molecule has 1 aromatic carbocycles. The third-order valence-corrected chi connectivity index (χ3v) is 5.64. The zero-order valence-corrected chi connectivity index (χ0v) is 15.0. The number of benzene rings is 1. The maximum absolute atomic E-state index is 6.57. The molecule has 0 amide bonds. The van der Waals surface area contributed by atoms with Crippen molar-refractivity contribution in [2.24, 2.45) is 5.92 Å². The van der Waals surface area contributed by atoms with Crippen LogP contribution in [0.4, 0.5) is 0 Å². The van der Waals surface area contributed by atoms with Crippen molar-refractivity contribution in [2.75, 3.05) is 20.1 Å². The molecule has 0 bridgehead atoms. The first kappa shape index (κ1) is 15.8. The van der Waals surface area contributed by atoms with E-state index in [4.69, 9.17) is 11.6 Å². The monoisotopic (exact) mass is 370 g/mol. The lowest BCUT2D eigenvalue weighted by molar-refractivity contribution is 0.145. The molecule has 1 heterocycles. The summed E-state index contributed by atoms with van der Waals surface area (Å²) in [6, 6.07) is 7.54. The van der Waals surface area contributed by atoms with Crippen molar-refractivity contribution in [3.8, 4) is 0 Å². The number of likely N-dealkylation sites (tertiary alicyclic amines) is 1. The van der Waals surface area contributed by atoms with E-state index in [9.17, 15) is 0 Å². The smallest absolute Gasteiger partial charge is 0.0454 e. The van der Waals surface area contributed by atoms with Crippen LogP contribution in [0.2, 0.25) is 5.02 Å². The number of nitrogens with one attached hydrogen (secondary N) is 1. The van der Waals surface area contributed by atoms with E-state index in [1.54, 1.807) is 0 Å². The fraction of sp³-hybridized carbons (Fsp3) is 0.647. The van der Waals surface area contributed by atoms with Gasteiger partial charge in [0.2, 0.25) is 0 Å². The summed E-state index contributed by atoms with van der Waals surface area (Å²) >= 11 is 10.2. The second-order valence-electron chi connectivity index (χ2n) is 6.39. The highest BCUT2D eigenvalue weighted by atomic mass is 79.9. The highest BCUT2D eigenvalue weighted by Crippen LogP contribution is 2.44. The Bertz CT molecular complexity index is 490. The summed E-state index contributed by atoms with van der Waals surface area (Å²) in [5.74, 6) is 0.643. The minimum atomic E-state index is 0.456. The van der Waals surface area contributed by atoms with E-state index in [0.717, 1.165) is 22.1 Å². The fourth-order valence-corrected chi connectivity index (χ4v) is 4.34. The van der Waals surface area contributed by atoms with E-state index in [0.29, 0.717) is 12.0 Å². The number of hydrogen-bond acceptors (Lipinski definition) is 2. The number of rotatable bonds is 4. The Morgan fingerprint density at radius 1 is 1.29 bits per heavy atom. The molecule has 1 saturated heterocycles. The minimum absolute atomic E-state index is 0.456. The predicted molar refractivity (Wildman–Crippen MR) is 92.9 cm³/mol. The second kappa shape index (κ2) is 6.99. The Morgan fingerprint density at radius 3 is 2.81 bits per heavy atom. The van der Waals surface area contributed by atoms with E-state index in [2.05, 4.69) is 39.3 Å². The van der Waals surface area contributed by atoms with E-state index in [-0.39, 0.29) is 0 Å². The van der Waals surface area contributed by atoms with Gasteiger partial charge in [0.1, 0.15) is 0 Å². The average Bonchev–Trinajstić information content (AvgIpc) is 3.28. The van der Waals surface area contributed by atoms with Crippen molar-refractivity contribution in [3.05, 3.63) is 33.3 Å². The molecule has 1 aliphatic heterocycles. The van der Waals surface area contributed by atoms with Gasteiger partial charge < -0.3 is 5.32 Å². The van der Waals surface area contributed by atoms with E-state index in [1.807, 2.05) is 12.1 Å². The van der Waals surface area contributed by atoms with Crippen LogP contribution in [0.25, 0.3) is 0 Å². The standard InChI is InChI=1S/C17H24BrClN2/c1-20-11-12-4-2-3-9-21(14-6-7-14)17(12)15-10-13(18)5-8-16(15)19/h5,8,10,12,14,17,20H,2-4,6-7,9,11H2,1H3. The summed E-state index contributed by atoms with van der Waals surface area (Å²) in [6.07, 6.45) is 6.65. The Hall–Kier alpha value is -0.0900. The van der Waals surface area contributed by atoms with E-state index in [1.165, 1.54) is 44.2 Å². The van der Waals surface area contributed by atoms with Gasteiger partial charge in [-0.15, -0.1) is 0 Å². The summed E-state index contributed by atoms with van der Waals surface area (Å²) < 4.78 is 1.13. The number of halogens is 2. The van der Waals surface area contributed by atoms with Gasteiger partial charge in [0.05, 0.1) is 0 Å². The zero-order valence-electron chi connectivity index (χ0n) is 12.6. The Morgan fingerprint density at radius 2 is 2.10 bits per heavy atom. The summed E-state index contributed by atoms with van der Waals surface area (Å²) in [4.78, 5) is 2.74. The third-order valence-electron chi connectivity index (χ3n) is 4.80. The normalized spacial score (nSPS) is 27.6. The van der Waals surface area contributed by atoms with E-state index >= 15 is 0 Å². The van der Waals surface area contributed by atoms with Crippen LogP contribution in [-0.2, 0) is 0 Å². The van der Waals surface area contributed by atoms with Crippen LogP contribution in [0.1, 0.15) is 43.7 Å². The van der Waals surface area contributed by atoms with Crippen molar-refractivity contribution in [3.63, 3.8) is 0 Å². The summed E-state index contributed by atoms with van der Waals surface area (Å²) in [6.45, 7) is 2.29. The van der Waals surface area contributed by atoms with Crippen LogP contribution < -0.4 is 5.32 Å². The van der Waals surface area contributed by atoms with Crippen LogP contribution in [-0.4, -0.2) is 31.1 Å². The van der Waals surface area contributed by atoms with Gasteiger partial charge in [-0.25, -0.2) is 0 Å². The molecule has 116 valence electrons. The predicted octanol–water partition coefficient (Wildman–Crippen LogP) is 4.63. The van der Waals surface area contributed by atoms with Crippen LogP contribution in [0, 0.1) is 5.92 Å². The molecule has 2 fully saturated rings. The maximum atomic E-state index is 6.57. The number of nitrogens with zero attached hydrogens (tertiary/aromatic N) is 1. The summed E-state index contributed by atoms with van der Waals surface area (Å²) in [5, 5.41) is 4.31. The number of hydrogen-bond donors (Lipinski definition) is 1. The molecule has 1 aliphatic carbocycles. The van der Waals surface area contributed by atoms with E-state index < -0.39 is 0 Å². The quantitative estimate of drug-likeness (QED) is 0.830. The molecule has 2 atom stereocenters. The molecule has 0 radical (unpaired) electrons. The molecule has 21 heavy (non-hydrogen) atoms. The van der Waals surface area contributed by atoms with Gasteiger partial charge in [0.15, 0.2) is 0 Å². The lowest BCUT2D eigenvalue weighted by atomic mass is 9.89. The lowest BCUT2D eigenvalue weighted by Crippen LogP contribution is -2.38. The first-order valence-electron chi connectivity index (χ1n) is 8.06. The Kier molecular flexibility index (Phi) is 5.26. The van der Waals surface area contributed by atoms with Crippen molar-refractivity contribution in [2.45, 2.75) is 44.2 Å². The molecule has 0 spiro atoms. The van der Waals surface area contributed by atoms with Gasteiger partial charge in [-0.1, -0.05) is 34.0 Å². The highest BCUT2D eigenvalue weighted by Gasteiger charge is 2.39.